The molecule has 1 aliphatic heterocycles. The molecule has 0 amide bonds. The maximum atomic E-state index is 12.4. The van der Waals surface area contributed by atoms with Crippen molar-refractivity contribution < 1.29 is 18.3 Å². The average Bonchev–Trinajstić information content (AvgIpc) is 2.29. The molecule has 0 spiro atoms. The highest BCUT2D eigenvalue weighted by atomic mass is 32.2. The van der Waals surface area contributed by atoms with Crippen LogP contribution in [0.15, 0.2) is 0 Å². The van der Waals surface area contributed by atoms with E-state index in [9.17, 15) is 13.2 Å². The molecule has 7 heteroatoms. The van der Waals surface area contributed by atoms with Crippen LogP contribution in [0.1, 0.15) is 39.5 Å². The summed E-state index contributed by atoms with van der Waals surface area (Å²) in [6, 6.07) is -0.226. The summed E-state index contributed by atoms with van der Waals surface area (Å²) in [6.07, 6.45) is 2.66. The molecule has 0 radical (unpaired) electrons. The average molecular weight is 278 g/mol. The molecule has 106 valence electrons. The van der Waals surface area contributed by atoms with Crippen LogP contribution in [0, 0.1) is 0 Å². The third-order valence-corrected chi connectivity index (χ3v) is 5.27. The van der Waals surface area contributed by atoms with Gasteiger partial charge in [-0.25, -0.2) is 0 Å². The lowest BCUT2D eigenvalue weighted by Crippen LogP contribution is -2.49. The smallest absolute Gasteiger partial charge is 0.304 e. The van der Waals surface area contributed by atoms with E-state index in [4.69, 9.17) is 5.11 Å². The van der Waals surface area contributed by atoms with E-state index in [0.717, 1.165) is 19.3 Å². The lowest BCUT2D eigenvalue weighted by Gasteiger charge is -2.33. The van der Waals surface area contributed by atoms with Crippen LogP contribution in [0.25, 0.3) is 0 Å². The number of rotatable bonds is 6. The monoisotopic (exact) mass is 278 g/mol. The summed E-state index contributed by atoms with van der Waals surface area (Å²) in [6.45, 7) is 4.65. The number of carboxylic acids is 1. The highest BCUT2D eigenvalue weighted by Crippen LogP contribution is 2.18. The van der Waals surface area contributed by atoms with Gasteiger partial charge in [-0.1, -0.05) is 6.42 Å². The van der Waals surface area contributed by atoms with Crippen LogP contribution in [0.5, 0.6) is 0 Å². The van der Waals surface area contributed by atoms with Crippen LogP contribution >= 0.6 is 0 Å². The van der Waals surface area contributed by atoms with Gasteiger partial charge in [-0.05, 0) is 26.7 Å². The molecule has 0 saturated carbocycles. The fourth-order valence-corrected chi connectivity index (χ4v) is 3.96. The Kier molecular flexibility index (Phi) is 5.55. The van der Waals surface area contributed by atoms with Crippen molar-refractivity contribution in [3.63, 3.8) is 0 Å². The van der Waals surface area contributed by atoms with E-state index in [1.807, 2.05) is 0 Å². The van der Waals surface area contributed by atoms with E-state index in [0.29, 0.717) is 13.1 Å². The second-order valence-electron chi connectivity index (χ2n) is 4.82. The summed E-state index contributed by atoms with van der Waals surface area (Å²) in [5, 5.41) is 8.69. The first kappa shape index (κ1) is 15.4. The van der Waals surface area contributed by atoms with E-state index < -0.39 is 16.2 Å². The summed E-state index contributed by atoms with van der Waals surface area (Å²) >= 11 is 0. The number of hydrogen-bond acceptors (Lipinski definition) is 3. The van der Waals surface area contributed by atoms with Crippen molar-refractivity contribution in [2.45, 2.75) is 45.6 Å². The molecule has 0 aromatic rings. The molecule has 0 bridgehead atoms. The molecule has 0 aliphatic carbocycles. The zero-order valence-corrected chi connectivity index (χ0v) is 11.8. The Bertz CT molecular complexity index is 375. The minimum Gasteiger partial charge on any atom is -0.481 e. The van der Waals surface area contributed by atoms with Crippen LogP contribution in [0.3, 0.4) is 0 Å². The third-order valence-electron chi connectivity index (χ3n) is 3.06. The molecular formula is C11H22N2O4S. The van der Waals surface area contributed by atoms with Crippen molar-refractivity contribution in [2.24, 2.45) is 0 Å². The summed E-state index contributed by atoms with van der Waals surface area (Å²) < 4.78 is 27.6. The Labute approximate surface area is 109 Å². The number of nitrogens with zero attached hydrogens (tertiary/aromatic N) is 2. The number of hydrogen-bond donors (Lipinski definition) is 1. The van der Waals surface area contributed by atoms with Gasteiger partial charge in [0.05, 0.1) is 6.42 Å². The predicted octanol–water partition coefficient (Wildman–Crippen LogP) is 0.902. The van der Waals surface area contributed by atoms with Crippen molar-refractivity contribution >= 4 is 16.2 Å². The van der Waals surface area contributed by atoms with Crippen LogP contribution in [0.4, 0.5) is 0 Å². The van der Waals surface area contributed by atoms with E-state index in [1.54, 1.807) is 13.8 Å². The maximum Gasteiger partial charge on any atom is 0.304 e. The highest BCUT2D eigenvalue weighted by Gasteiger charge is 2.32. The molecule has 18 heavy (non-hydrogen) atoms. The van der Waals surface area contributed by atoms with Crippen LogP contribution < -0.4 is 0 Å². The van der Waals surface area contributed by atoms with Crippen molar-refractivity contribution in [2.75, 3.05) is 19.6 Å². The Morgan fingerprint density at radius 3 is 2.28 bits per heavy atom. The molecule has 0 aromatic carbocycles. The second-order valence-corrected chi connectivity index (χ2v) is 6.70. The molecule has 1 saturated heterocycles. The fraction of sp³-hybridized carbons (Fsp3) is 0.909. The van der Waals surface area contributed by atoms with E-state index in [-0.39, 0.29) is 19.0 Å². The quantitative estimate of drug-likeness (QED) is 0.783. The van der Waals surface area contributed by atoms with Gasteiger partial charge in [0, 0.05) is 25.7 Å². The van der Waals surface area contributed by atoms with Gasteiger partial charge >= 0.3 is 5.97 Å². The minimum absolute atomic E-state index is 0.0336. The number of aliphatic carboxylic acids is 1. The second kappa shape index (κ2) is 6.49. The van der Waals surface area contributed by atoms with Gasteiger partial charge in [-0.3, -0.25) is 4.79 Å². The van der Waals surface area contributed by atoms with Crippen LogP contribution in [-0.2, 0) is 15.0 Å². The van der Waals surface area contributed by atoms with E-state index in [2.05, 4.69) is 0 Å². The highest BCUT2D eigenvalue weighted by molar-refractivity contribution is 7.86. The standard InChI is InChI=1S/C11H22N2O4S/c1-10(2)13(9-6-11(14)15)18(16,17)12-7-4-3-5-8-12/h10H,3-9H2,1-2H3,(H,14,15). The minimum atomic E-state index is -3.52. The lowest BCUT2D eigenvalue weighted by molar-refractivity contribution is -0.137. The van der Waals surface area contributed by atoms with E-state index >= 15 is 0 Å². The number of carboxylic acid groups (broad SMARTS) is 1. The van der Waals surface area contributed by atoms with Gasteiger partial charge in [-0.15, -0.1) is 0 Å². The van der Waals surface area contributed by atoms with Crippen molar-refractivity contribution in [1.29, 1.82) is 0 Å². The number of piperidine rings is 1. The maximum absolute atomic E-state index is 12.4. The first-order chi connectivity index (χ1) is 8.35. The van der Waals surface area contributed by atoms with Gasteiger partial charge in [0.1, 0.15) is 0 Å². The van der Waals surface area contributed by atoms with Crippen LogP contribution in [0.2, 0.25) is 0 Å². The summed E-state index contributed by atoms with van der Waals surface area (Å²) in [5.74, 6) is -0.977. The summed E-state index contributed by atoms with van der Waals surface area (Å²) in [4.78, 5) is 10.6. The Hall–Kier alpha value is -0.660. The zero-order valence-electron chi connectivity index (χ0n) is 11.0. The number of carbonyl (C=O) groups is 1. The normalized spacial score (nSPS) is 18.4. The van der Waals surface area contributed by atoms with Crippen molar-refractivity contribution in [3.05, 3.63) is 0 Å². The summed E-state index contributed by atoms with van der Waals surface area (Å²) in [5.41, 5.74) is 0. The molecule has 6 nitrogen and oxygen atoms in total. The van der Waals surface area contributed by atoms with Crippen molar-refractivity contribution in [3.8, 4) is 0 Å². The van der Waals surface area contributed by atoms with Crippen molar-refractivity contribution in [1.82, 2.24) is 8.61 Å². The molecule has 1 N–H and O–H groups in total. The topological polar surface area (TPSA) is 77.9 Å². The first-order valence-corrected chi connectivity index (χ1v) is 7.74. The fourth-order valence-electron chi connectivity index (χ4n) is 2.09. The molecule has 0 atom stereocenters. The van der Waals surface area contributed by atoms with E-state index in [1.165, 1.54) is 8.61 Å². The van der Waals surface area contributed by atoms with Gasteiger partial charge < -0.3 is 5.11 Å². The predicted molar refractivity (Wildman–Crippen MR) is 68.4 cm³/mol. The molecule has 1 rings (SSSR count). The third kappa shape index (κ3) is 3.93. The van der Waals surface area contributed by atoms with Gasteiger partial charge in [0.25, 0.3) is 10.2 Å². The lowest BCUT2D eigenvalue weighted by atomic mass is 10.2. The van der Waals surface area contributed by atoms with Gasteiger partial charge in [0.2, 0.25) is 0 Å². The zero-order chi connectivity index (χ0) is 13.8. The largest absolute Gasteiger partial charge is 0.481 e. The van der Waals surface area contributed by atoms with Gasteiger partial charge in [-0.2, -0.15) is 17.0 Å². The molecule has 1 heterocycles. The van der Waals surface area contributed by atoms with Gasteiger partial charge in [0.15, 0.2) is 0 Å². The van der Waals surface area contributed by atoms with Crippen LogP contribution in [-0.4, -0.2) is 53.8 Å². The Morgan fingerprint density at radius 1 is 1.28 bits per heavy atom. The molecule has 0 unspecified atom stereocenters. The Balaban J connectivity index is 2.78. The molecular weight excluding hydrogens is 256 g/mol. The molecule has 0 aromatic heterocycles. The molecule has 1 fully saturated rings. The SMILES string of the molecule is CC(C)N(CCC(=O)O)S(=O)(=O)N1CCCCC1. The first-order valence-electron chi connectivity index (χ1n) is 6.34. The summed E-state index contributed by atoms with van der Waals surface area (Å²) in [7, 11) is -3.52. The Morgan fingerprint density at radius 2 is 1.83 bits per heavy atom. The molecule has 1 aliphatic rings.